The summed E-state index contributed by atoms with van der Waals surface area (Å²) >= 11 is -0.882. The minimum atomic E-state index is -0.882. The zero-order valence-electron chi connectivity index (χ0n) is 18.8. The molecule has 0 bridgehead atoms. The Hall–Kier alpha value is -3.14. The van der Waals surface area contributed by atoms with E-state index in [2.05, 4.69) is 73.3 Å². The fourth-order valence-corrected chi connectivity index (χ4v) is 7.36. The number of hydrogen-bond acceptors (Lipinski definition) is 4. The number of benzene rings is 2. The van der Waals surface area contributed by atoms with Gasteiger partial charge in [0.25, 0.3) is 0 Å². The number of nitrogens with zero attached hydrogens (tertiary/aromatic N) is 3. The Morgan fingerprint density at radius 1 is 0.758 bits per heavy atom. The van der Waals surface area contributed by atoms with Gasteiger partial charge in [0.2, 0.25) is 0 Å². The van der Waals surface area contributed by atoms with E-state index in [0.717, 1.165) is 24.8 Å². The van der Waals surface area contributed by atoms with Gasteiger partial charge in [-0.2, -0.15) is 0 Å². The number of carbonyl (C=O) groups is 3. The van der Waals surface area contributed by atoms with Crippen molar-refractivity contribution in [3.05, 3.63) is 80.9 Å². The van der Waals surface area contributed by atoms with Crippen LogP contribution in [0.4, 0.5) is 19.9 Å². The summed E-state index contributed by atoms with van der Waals surface area (Å²) in [6.45, 7) is 4.51. The summed E-state index contributed by atoms with van der Waals surface area (Å²) in [7, 11) is 2.79. The molecule has 2 aromatic carbocycles. The molecule has 0 N–H and O–H groups in total. The number of carbonyl (C=O) groups excluding carboxylic acids is 3. The maximum atomic E-state index is 12.6. The summed E-state index contributed by atoms with van der Waals surface area (Å²) < 4.78 is 2.17. The number of para-hydroxylation sites is 2. The summed E-state index contributed by atoms with van der Waals surface area (Å²) in [5.74, 6) is -1.11. The third-order valence-electron chi connectivity index (χ3n) is 6.40. The monoisotopic (exact) mass is 555 g/mol. The normalized spacial score (nSPS) is 17.3. The van der Waals surface area contributed by atoms with Gasteiger partial charge in [0.05, 0.1) is 0 Å². The first-order valence-corrected chi connectivity index (χ1v) is 13.0. The standard InChI is InChI=1S/C26H23N3O3Te/c1-26(2)18-9-5-7-11-20(18)29(21-12-8-6-10-19(21)26)22-14-13-16(33-22)15-17-23(30)27(3)25(32)28(4)24(17)31/h5-15H,1-4H3. The fraction of sp³-hybridized carbons (Fsp3) is 0.192. The predicted molar refractivity (Wildman–Crippen MR) is 129 cm³/mol. The number of imide groups is 2. The van der Waals surface area contributed by atoms with Crippen LogP contribution in [0.15, 0.2) is 66.2 Å². The van der Waals surface area contributed by atoms with E-state index in [-0.39, 0.29) is 11.0 Å². The zero-order valence-corrected chi connectivity index (χ0v) is 21.2. The summed E-state index contributed by atoms with van der Waals surface area (Å²) in [5, 5.41) is 0. The summed E-state index contributed by atoms with van der Waals surface area (Å²) in [6, 6.07) is 20.4. The van der Waals surface area contributed by atoms with Crippen LogP contribution in [0.2, 0.25) is 0 Å². The number of urea groups is 1. The SMILES string of the molecule is CN1C(=O)C(=Cc2ccc(N3c4ccccc4C(C)(C)c4ccccc43)[te]2)C(=O)N(C)C1=O. The zero-order chi connectivity index (χ0) is 23.5. The predicted octanol–water partition coefficient (Wildman–Crippen LogP) is 4.29. The Labute approximate surface area is 202 Å². The molecule has 2 aliphatic heterocycles. The molecule has 1 aromatic heterocycles. The molecule has 3 heterocycles. The second-order valence-electron chi connectivity index (χ2n) is 8.74. The molecule has 5 rings (SSSR count). The molecule has 3 aromatic rings. The Balaban J connectivity index is 1.61. The van der Waals surface area contributed by atoms with Gasteiger partial charge >= 0.3 is 203 Å². The van der Waals surface area contributed by atoms with Gasteiger partial charge in [-0.1, -0.05) is 0 Å². The van der Waals surface area contributed by atoms with E-state index in [1.165, 1.54) is 28.9 Å². The van der Waals surface area contributed by atoms with Crippen molar-refractivity contribution >= 4 is 59.4 Å². The first-order chi connectivity index (χ1) is 15.7. The third kappa shape index (κ3) is 3.26. The number of amides is 4. The van der Waals surface area contributed by atoms with E-state index in [1.54, 1.807) is 6.08 Å². The summed E-state index contributed by atoms with van der Waals surface area (Å²) in [6.07, 6.45) is 1.67. The number of barbiturate groups is 1. The molecule has 0 aliphatic carbocycles. The molecule has 33 heavy (non-hydrogen) atoms. The maximum absolute atomic E-state index is 12.6. The van der Waals surface area contributed by atoms with Crippen molar-refractivity contribution in [1.29, 1.82) is 0 Å². The minimum absolute atomic E-state index is 0.0335. The van der Waals surface area contributed by atoms with Crippen molar-refractivity contribution in [3.8, 4) is 0 Å². The molecule has 1 fully saturated rings. The number of hydrogen-bond donors (Lipinski definition) is 0. The van der Waals surface area contributed by atoms with Crippen molar-refractivity contribution in [2.75, 3.05) is 19.0 Å². The Bertz CT molecular complexity index is 1280. The quantitative estimate of drug-likeness (QED) is 0.270. The molecule has 0 atom stereocenters. The van der Waals surface area contributed by atoms with Crippen LogP contribution in [-0.4, -0.2) is 62.2 Å². The van der Waals surface area contributed by atoms with Crippen LogP contribution in [0.25, 0.3) is 6.08 Å². The van der Waals surface area contributed by atoms with Gasteiger partial charge in [0, 0.05) is 0 Å². The molecule has 6 nitrogen and oxygen atoms in total. The second-order valence-corrected chi connectivity index (χ2v) is 11.9. The van der Waals surface area contributed by atoms with Gasteiger partial charge in [-0.25, -0.2) is 0 Å². The van der Waals surface area contributed by atoms with Gasteiger partial charge < -0.3 is 0 Å². The molecule has 1 saturated heterocycles. The number of fused-ring (bicyclic) bond motifs is 2. The van der Waals surface area contributed by atoms with Gasteiger partial charge in [0.15, 0.2) is 0 Å². The van der Waals surface area contributed by atoms with Crippen molar-refractivity contribution in [3.63, 3.8) is 0 Å². The van der Waals surface area contributed by atoms with Crippen LogP contribution in [0, 0.1) is 0 Å². The van der Waals surface area contributed by atoms with Gasteiger partial charge in [-0.3, -0.25) is 0 Å². The number of anilines is 3. The van der Waals surface area contributed by atoms with Crippen LogP contribution in [0.5, 0.6) is 0 Å². The van der Waals surface area contributed by atoms with E-state index < -0.39 is 38.3 Å². The van der Waals surface area contributed by atoms with Crippen LogP contribution < -0.4 is 4.90 Å². The molecular weight excluding hydrogens is 530 g/mol. The van der Waals surface area contributed by atoms with Gasteiger partial charge in [-0.05, 0) is 0 Å². The average Bonchev–Trinajstić information content (AvgIpc) is 3.28. The molecular formula is C26H23N3O3Te. The number of rotatable bonds is 2. The molecule has 166 valence electrons. The van der Waals surface area contributed by atoms with E-state index >= 15 is 0 Å². The Morgan fingerprint density at radius 3 is 1.82 bits per heavy atom. The van der Waals surface area contributed by atoms with E-state index in [0.29, 0.717) is 0 Å². The van der Waals surface area contributed by atoms with Crippen LogP contribution >= 0.6 is 0 Å². The number of likely N-dealkylation sites (N-methyl/N-ethyl adjacent to an activating group) is 2. The molecule has 0 spiro atoms. The molecule has 0 saturated carbocycles. The van der Waals surface area contributed by atoms with Crippen molar-refractivity contribution in [2.45, 2.75) is 19.3 Å². The van der Waals surface area contributed by atoms with Gasteiger partial charge in [0.1, 0.15) is 0 Å². The van der Waals surface area contributed by atoms with Crippen LogP contribution in [0.3, 0.4) is 0 Å². The van der Waals surface area contributed by atoms with E-state index in [4.69, 9.17) is 0 Å². The first-order valence-electron chi connectivity index (χ1n) is 10.6. The van der Waals surface area contributed by atoms with Crippen molar-refractivity contribution in [2.24, 2.45) is 0 Å². The third-order valence-corrected chi connectivity index (χ3v) is 9.30. The molecule has 0 radical (unpaired) electrons. The fourth-order valence-electron chi connectivity index (χ4n) is 4.56. The van der Waals surface area contributed by atoms with E-state index in [1.807, 2.05) is 6.07 Å². The second kappa shape index (κ2) is 7.72. The molecule has 7 heteroatoms. The summed E-state index contributed by atoms with van der Waals surface area (Å²) in [4.78, 5) is 41.5. The molecule has 4 amide bonds. The average molecular weight is 553 g/mol. The topological polar surface area (TPSA) is 60.9 Å². The molecule has 2 aliphatic rings. The van der Waals surface area contributed by atoms with Crippen LogP contribution in [-0.2, 0) is 15.0 Å². The van der Waals surface area contributed by atoms with E-state index in [9.17, 15) is 14.4 Å². The Morgan fingerprint density at radius 2 is 1.27 bits per heavy atom. The van der Waals surface area contributed by atoms with Crippen molar-refractivity contribution < 1.29 is 14.4 Å². The van der Waals surface area contributed by atoms with Gasteiger partial charge in [-0.15, -0.1) is 0 Å². The van der Waals surface area contributed by atoms with Crippen LogP contribution in [0.1, 0.15) is 28.6 Å². The summed E-state index contributed by atoms with van der Waals surface area (Å²) in [5.41, 5.74) is 4.77. The Kier molecular flexibility index (Phi) is 5.08. The molecule has 0 unspecified atom stereocenters. The first kappa shape index (κ1) is 21.7. The van der Waals surface area contributed by atoms with Crippen molar-refractivity contribution in [1.82, 2.24) is 9.80 Å².